The van der Waals surface area contributed by atoms with Gasteiger partial charge in [0.25, 0.3) is 0 Å². The molecule has 1 atom stereocenters. The minimum Gasteiger partial charge on any atom is -0.399 e. The molecular formula is C14H21N3O3S. The van der Waals surface area contributed by atoms with E-state index in [0.29, 0.717) is 25.1 Å². The number of rotatable bonds is 3. The highest BCUT2D eigenvalue weighted by atomic mass is 32.2. The number of benzene rings is 1. The van der Waals surface area contributed by atoms with Crippen LogP contribution in [0.2, 0.25) is 0 Å². The summed E-state index contributed by atoms with van der Waals surface area (Å²) in [5, 5.41) is 2.58. The van der Waals surface area contributed by atoms with Crippen LogP contribution in [0.5, 0.6) is 0 Å². The normalized spacial score (nSPS) is 20.2. The van der Waals surface area contributed by atoms with Gasteiger partial charge in [-0.1, -0.05) is 0 Å². The number of nitrogens with two attached hydrogens (primary N) is 1. The molecule has 0 aliphatic carbocycles. The molecule has 1 aromatic carbocycles. The van der Waals surface area contributed by atoms with Crippen molar-refractivity contribution in [1.82, 2.24) is 9.62 Å². The fourth-order valence-corrected chi connectivity index (χ4v) is 4.32. The monoisotopic (exact) mass is 311 g/mol. The van der Waals surface area contributed by atoms with Crippen molar-refractivity contribution in [1.29, 1.82) is 0 Å². The number of piperidine rings is 1. The lowest BCUT2D eigenvalue weighted by atomic mass is 9.99. The Morgan fingerprint density at radius 3 is 2.71 bits per heavy atom. The number of anilines is 1. The highest BCUT2D eigenvalue weighted by Crippen LogP contribution is 2.25. The summed E-state index contributed by atoms with van der Waals surface area (Å²) < 4.78 is 26.8. The van der Waals surface area contributed by atoms with Gasteiger partial charge < -0.3 is 11.1 Å². The highest BCUT2D eigenvalue weighted by Gasteiger charge is 2.33. The topological polar surface area (TPSA) is 92.5 Å². The summed E-state index contributed by atoms with van der Waals surface area (Å²) in [6.07, 6.45) is 1.39. The summed E-state index contributed by atoms with van der Waals surface area (Å²) in [6, 6.07) is 4.80. The first-order valence-electron chi connectivity index (χ1n) is 6.93. The second-order valence-electron chi connectivity index (χ2n) is 5.40. The maximum atomic E-state index is 12.7. The number of amides is 1. The fourth-order valence-electron chi connectivity index (χ4n) is 2.65. The van der Waals surface area contributed by atoms with Crippen LogP contribution < -0.4 is 11.1 Å². The second kappa shape index (κ2) is 6.03. The summed E-state index contributed by atoms with van der Waals surface area (Å²) >= 11 is 0. The van der Waals surface area contributed by atoms with Crippen molar-refractivity contribution in [2.45, 2.75) is 24.7 Å². The first kappa shape index (κ1) is 15.8. The number of nitrogens with zero attached hydrogens (tertiary/aromatic N) is 1. The van der Waals surface area contributed by atoms with Gasteiger partial charge in [-0.2, -0.15) is 4.31 Å². The molecule has 1 amide bonds. The van der Waals surface area contributed by atoms with E-state index in [1.165, 1.54) is 10.4 Å². The summed E-state index contributed by atoms with van der Waals surface area (Å²) in [4.78, 5) is 11.9. The van der Waals surface area contributed by atoms with Crippen LogP contribution in [-0.2, 0) is 14.8 Å². The Labute approximate surface area is 125 Å². The smallest absolute Gasteiger partial charge is 0.243 e. The molecule has 1 aliphatic heterocycles. The zero-order valence-electron chi connectivity index (χ0n) is 12.3. The quantitative estimate of drug-likeness (QED) is 0.805. The van der Waals surface area contributed by atoms with Gasteiger partial charge >= 0.3 is 0 Å². The molecule has 0 aromatic heterocycles. The third kappa shape index (κ3) is 3.36. The van der Waals surface area contributed by atoms with Crippen LogP contribution >= 0.6 is 0 Å². The van der Waals surface area contributed by atoms with Crippen molar-refractivity contribution in [3.05, 3.63) is 23.8 Å². The van der Waals surface area contributed by atoms with E-state index in [1.54, 1.807) is 26.1 Å². The molecule has 0 saturated carbocycles. The number of carbonyl (C=O) groups is 1. The number of aryl methyl sites for hydroxylation is 1. The number of hydrogen-bond acceptors (Lipinski definition) is 4. The molecule has 116 valence electrons. The van der Waals surface area contributed by atoms with E-state index in [0.717, 1.165) is 5.56 Å². The molecule has 1 unspecified atom stereocenters. The lowest BCUT2D eigenvalue weighted by molar-refractivity contribution is -0.125. The zero-order chi connectivity index (χ0) is 15.6. The van der Waals surface area contributed by atoms with Crippen molar-refractivity contribution in [2.75, 3.05) is 25.9 Å². The number of hydrogen-bond donors (Lipinski definition) is 2. The van der Waals surface area contributed by atoms with Crippen LogP contribution in [-0.4, -0.2) is 38.8 Å². The van der Waals surface area contributed by atoms with E-state index < -0.39 is 10.0 Å². The van der Waals surface area contributed by atoms with Crippen LogP contribution in [0.15, 0.2) is 23.1 Å². The van der Waals surface area contributed by atoms with E-state index in [-0.39, 0.29) is 23.3 Å². The van der Waals surface area contributed by atoms with E-state index in [4.69, 9.17) is 5.73 Å². The van der Waals surface area contributed by atoms with Crippen LogP contribution in [0, 0.1) is 12.8 Å². The molecule has 2 rings (SSSR count). The SMILES string of the molecule is CNC(=O)C1CCCN(S(=O)(=O)c2cc(C)cc(N)c2)C1. The fraction of sp³-hybridized carbons (Fsp3) is 0.500. The van der Waals surface area contributed by atoms with Crippen LogP contribution in [0.1, 0.15) is 18.4 Å². The van der Waals surface area contributed by atoms with Crippen molar-refractivity contribution in [3.63, 3.8) is 0 Å². The maximum absolute atomic E-state index is 12.7. The predicted molar refractivity (Wildman–Crippen MR) is 81.1 cm³/mol. The Balaban J connectivity index is 2.28. The minimum absolute atomic E-state index is 0.112. The maximum Gasteiger partial charge on any atom is 0.243 e. The van der Waals surface area contributed by atoms with Gasteiger partial charge in [-0.3, -0.25) is 4.79 Å². The molecule has 21 heavy (non-hydrogen) atoms. The first-order chi connectivity index (χ1) is 9.84. The Bertz CT molecular complexity index is 623. The van der Waals surface area contributed by atoms with E-state index in [2.05, 4.69) is 5.32 Å². The number of nitrogen functional groups attached to an aromatic ring is 1. The number of nitrogens with one attached hydrogen (secondary N) is 1. The predicted octanol–water partition coefficient (Wildman–Crippen LogP) is 0.724. The van der Waals surface area contributed by atoms with Crippen LogP contribution in [0.3, 0.4) is 0 Å². The Hall–Kier alpha value is -1.60. The van der Waals surface area contributed by atoms with Gasteiger partial charge in [-0.15, -0.1) is 0 Å². The van der Waals surface area contributed by atoms with Crippen molar-refractivity contribution in [3.8, 4) is 0 Å². The largest absolute Gasteiger partial charge is 0.399 e. The molecule has 1 saturated heterocycles. The number of carbonyl (C=O) groups excluding carboxylic acids is 1. The third-order valence-corrected chi connectivity index (χ3v) is 5.56. The molecule has 1 heterocycles. The molecule has 0 spiro atoms. The van der Waals surface area contributed by atoms with Crippen molar-refractivity contribution < 1.29 is 13.2 Å². The van der Waals surface area contributed by atoms with Gasteiger partial charge in [-0.05, 0) is 43.5 Å². The number of sulfonamides is 1. The van der Waals surface area contributed by atoms with E-state index in [1.807, 2.05) is 0 Å². The second-order valence-corrected chi connectivity index (χ2v) is 7.33. The standard InChI is InChI=1S/C14H21N3O3S/c1-10-6-12(15)8-13(7-10)21(19,20)17-5-3-4-11(9-17)14(18)16-2/h6-8,11H,3-5,9,15H2,1-2H3,(H,16,18). The third-order valence-electron chi connectivity index (χ3n) is 3.71. The van der Waals surface area contributed by atoms with Gasteiger partial charge in [0.05, 0.1) is 10.8 Å². The van der Waals surface area contributed by atoms with Gasteiger partial charge in [0.15, 0.2) is 0 Å². The summed E-state index contributed by atoms with van der Waals surface area (Å²) in [5.74, 6) is -0.403. The minimum atomic E-state index is -3.61. The molecule has 1 aliphatic rings. The Morgan fingerprint density at radius 2 is 2.10 bits per heavy atom. The van der Waals surface area contributed by atoms with Gasteiger partial charge in [0.2, 0.25) is 15.9 Å². The van der Waals surface area contributed by atoms with E-state index in [9.17, 15) is 13.2 Å². The molecule has 0 bridgehead atoms. The average Bonchev–Trinajstić information content (AvgIpc) is 2.45. The summed E-state index contributed by atoms with van der Waals surface area (Å²) in [7, 11) is -2.04. The van der Waals surface area contributed by atoms with Gasteiger partial charge in [0, 0.05) is 25.8 Å². The van der Waals surface area contributed by atoms with Crippen molar-refractivity contribution in [2.24, 2.45) is 5.92 Å². The highest BCUT2D eigenvalue weighted by molar-refractivity contribution is 7.89. The lowest BCUT2D eigenvalue weighted by Gasteiger charge is -2.31. The molecule has 3 N–H and O–H groups in total. The molecule has 0 radical (unpaired) electrons. The summed E-state index contributed by atoms with van der Waals surface area (Å²) in [6.45, 7) is 2.46. The summed E-state index contributed by atoms with van der Waals surface area (Å²) in [5.41, 5.74) is 6.96. The van der Waals surface area contributed by atoms with Crippen molar-refractivity contribution >= 4 is 21.6 Å². The average molecular weight is 311 g/mol. The molecule has 1 fully saturated rings. The molecular weight excluding hydrogens is 290 g/mol. The Morgan fingerprint density at radius 1 is 1.38 bits per heavy atom. The lowest BCUT2D eigenvalue weighted by Crippen LogP contribution is -2.44. The van der Waals surface area contributed by atoms with Gasteiger partial charge in [-0.25, -0.2) is 8.42 Å². The van der Waals surface area contributed by atoms with Gasteiger partial charge in [0.1, 0.15) is 0 Å². The Kier molecular flexibility index (Phi) is 4.53. The zero-order valence-corrected chi connectivity index (χ0v) is 13.1. The van der Waals surface area contributed by atoms with Crippen LogP contribution in [0.4, 0.5) is 5.69 Å². The molecule has 6 nitrogen and oxygen atoms in total. The van der Waals surface area contributed by atoms with Crippen LogP contribution in [0.25, 0.3) is 0 Å². The molecule has 1 aromatic rings. The molecule has 7 heteroatoms. The first-order valence-corrected chi connectivity index (χ1v) is 8.37. The van der Waals surface area contributed by atoms with E-state index >= 15 is 0 Å².